The molecule has 0 saturated heterocycles. The van der Waals surface area contributed by atoms with Crippen LogP contribution < -0.4 is 0 Å². The van der Waals surface area contributed by atoms with E-state index in [-0.39, 0.29) is 0 Å². The molecule has 1 rings (SSSR count). The Kier molecular flexibility index (Phi) is 7.55. The van der Waals surface area contributed by atoms with Crippen molar-refractivity contribution in [3.8, 4) is 0 Å². The van der Waals surface area contributed by atoms with Gasteiger partial charge in [-0.25, -0.2) is 0 Å². The zero-order valence-electron chi connectivity index (χ0n) is 11.5. The van der Waals surface area contributed by atoms with Crippen LogP contribution in [0.1, 0.15) is 38.7 Å². The Labute approximate surface area is 129 Å². The number of rotatable bonds is 8. The second-order valence-electron chi connectivity index (χ2n) is 5.70. The Morgan fingerprint density at radius 1 is 1.06 bits per heavy atom. The van der Waals surface area contributed by atoms with E-state index in [1.807, 2.05) is 0 Å². The number of hydrogen-bond donors (Lipinski definition) is 0. The lowest BCUT2D eigenvalue weighted by atomic mass is 9.79. The van der Waals surface area contributed by atoms with Crippen LogP contribution in [0.5, 0.6) is 0 Å². The molecule has 2 heteroatoms. The molecule has 18 heavy (non-hydrogen) atoms. The minimum atomic E-state index is 0.420. The van der Waals surface area contributed by atoms with Crippen molar-refractivity contribution in [1.29, 1.82) is 0 Å². The molecular formula is C16H24Br2. The number of alkyl halides is 2. The summed E-state index contributed by atoms with van der Waals surface area (Å²) in [6.07, 6.45) is 5.05. The van der Waals surface area contributed by atoms with Crippen LogP contribution in [0.2, 0.25) is 0 Å². The van der Waals surface area contributed by atoms with Gasteiger partial charge in [0.2, 0.25) is 0 Å². The predicted octanol–water partition coefficient (Wildman–Crippen LogP) is 5.83. The molecule has 0 saturated carbocycles. The van der Waals surface area contributed by atoms with Gasteiger partial charge < -0.3 is 0 Å². The molecule has 0 aliphatic carbocycles. The quantitative estimate of drug-likeness (QED) is 0.501. The number of benzene rings is 1. The topological polar surface area (TPSA) is 0 Å². The van der Waals surface area contributed by atoms with Crippen LogP contribution in [0.25, 0.3) is 0 Å². The molecule has 0 N–H and O–H groups in total. The molecule has 0 unspecified atom stereocenters. The van der Waals surface area contributed by atoms with Gasteiger partial charge >= 0.3 is 0 Å². The third-order valence-electron chi connectivity index (χ3n) is 3.42. The minimum Gasteiger partial charge on any atom is -0.0922 e. The van der Waals surface area contributed by atoms with Gasteiger partial charge in [-0.3, -0.25) is 0 Å². The molecule has 0 spiro atoms. The largest absolute Gasteiger partial charge is 0.0922 e. The van der Waals surface area contributed by atoms with Crippen molar-refractivity contribution in [2.24, 2.45) is 11.3 Å². The smallest absolute Gasteiger partial charge is 0.00960 e. The van der Waals surface area contributed by atoms with Crippen LogP contribution in [0.3, 0.4) is 0 Å². The fourth-order valence-corrected chi connectivity index (χ4v) is 4.51. The molecule has 1 aromatic rings. The molecule has 102 valence electrons. The van der Waals surface area contributed by atoms with Gasteiger partial charge in [0.25, 0.3) is 0 Å². The van der Waals surface area contributed by atoms with Gasteiger partial charge in [0.1, 0.15) is 0 Å². The van der Waals surface area contributed by atoms with Crippen molar-refractivity contribution in [2.75, 3.05) is 10.7 Å². The van der Waals surface area contributed by atoms with E-state index >= 15 is 0 Å². The molecular weight excluding hydrogens is 352 g/mol. The first-order valence-electron chi connectivity index (χ1n) is 6.78. The molecule has 0 amide bonds. The Hall–Kier alpha value is 0.180. The lowest BCUT2D eigenvalue weighted by molar-refractivity contribution is 0.277. The Balaban J connectivity index is 2.47. The standard InChI is InChI=1S/C16H24Br2/c1-14(2)11-16(12-17,13-18)10-6-9-15-7-4-3-5-8-15/h3-5,7-8,14H,6,9-13H2,1-2H3. The highest BCUT2D eigenvalue weighted by atomic mass is 79.9. The fourth-order valence-electron chi connectivity index (χ4n) is 2.56. The van der Waals surface area contributed by atoms with Crippen molar-refractivity contribution in [2.45, 2.75) is 39.5 Å². The summed E-state index contributed by atoms with van der Waals surface area (Å²) < 4.78 is 0. The van der Waals surface area contributed by atoms with Gasteiger partial charge in [0.15, 0.2) is 0 Å². The third-order valence-corrected chi connectivity index (χ3v) is 5.80. The molecule has 0 aromatic heterocycles. The first kappa shape index (κ1) is 16.2. The second-order valence-corrected chi connectivity index (χ2v) is 6.83. The summed E-state index contributed by atoms with van der Waals surface area (Å²) in [5, 5.41) is 2.19. The summed E-state index contributed by atoms with van der Waals surface area (Å²) in [6, 6.07) is 10.8. The van der Waals surface area contributed by atoms with Crippen molar-refractivity contribution in [3.63, 3.8) is 0 Å². The molecule has 0 heterocycles. The van der Waals surface area contributed by atoms with Crippen molar-refractivity contribution in [1.82, 2.24) is 0 Å². The number of hydrogen-bond acceptors (Lipinski definition) is 0. The maximum absolute atomic E-state index is 3.72. The maximum atomic E-state index is 3.72. The average molecular weight is 376 g/mol. The lowest BCUT2D eigenvalue weighted by Gasteiger charge is -2.32. The first-order chi connectivity index (χ1) is 8.62. The molecule has 0 atom stereocenters. The van der Waals surface area contributed by atoms with E-state index < -0.39 is 0 Å². The molecule has 0 nitrogen and oxygen atoms in total. The Bertz CT molecular complexity index is 315. The highest BCUT2D eigenvalue weighted by Crippen LogP contribution is 2.36. The van der Waals surface area contributed by atoms with E-state index in [0.717, 1.165) is 16.6 Å². The SMILES string of the molecule is CC(C)CC(CBr)(CBr)CCCc1ccccc1. The third kappa shape index (κ3) is 5.44. The van der Waals surface area contributed by atoms with Crippen molar-refractivity contribution < 1.29 is 0 Å². The van der Waals surface area contributed by atoms with E-state index in [9.17, 15) is 0 Å². The van der Waals surface area contributed by atoms with Crippen LogP contribution in [0.4, 0.5) is 0 Å². The van der Waals surface area contributed by atoms with E-state index in [1.165, 1.54) is 31.2 Å². The van der Waals surface area contributed by atoms with Crippen LogP contribution in [-0.4, -0.2) is 10.7 Å². The average Bonchev–Trinajstić information content (AvgIpc) is 2.38. The normalized spacial score (nSPS) is 12.1. The van der Waals surface area contributed by atoms with E-state index in [0.29, 0.717) is 5.41 Å². The van der Waals surface area contributed by atoms with Gasteiger partial charge in [-0.05, 0) is 42.6 Å². The molecule has 0 aliphatic heterocycles. The fraction of sp³-hybridized carbons (Fsp3) is 0.625. The molecule has 0 aliphatic rings. The summed E-state index contributed by atoms with van der Waals surface area (Å²) >= 11 is 7.44. The second kappa shape index (κ2) is 8.37. The zero-order valence-corrected chi connectivity index (χ0v) is 14.6. The van der Waals surface area contributed by atoms with Crippen LogP contribution in [0.15, 0.2) is 30.3 Å². The van der Waals surface area contributed by atoms with Gasteiger partial charge in [0, 0.05) is 10.7 Å². The highest BCUT2D eigenvalue weighted by Gasteiger charge is 2.28. The van der Waals surface area contributed by atoms with Gasteiger partial charge in [-0.15, -0.1) is 0 Å². The molecule has 0 radical (unpaired) electrons. The predicted molar refractivity (Wildman–Crippen MR) is 88.9 cm³/mol. The lowest BCUT2D eigenvalue weighted by Crippen LogP contribution is -2.27. The minimum absolute atomic E-state index is 0.420. The van der Waals surface area contributed by atoms with Gasteiger partial charge in [0.05, 0.1) is 0 Å². The summed E-state index contributed by atoms with van der Waals surface area (Å²) in [7, 11) is 0. The summed E-state index contributed by atoms with van der Waals surface area (Å²) in [6.45, 7) is 4.63. The van der Waals surface area contributed by atoms with E-state index in [1.54, 1.807) is 0 Å². The Morgan fingerprint density at radius 2 is 1.67 bits per heavy atom. The van der Waals surface area contributed by atoms with E-state index in [2.05, 4.69) is 76.0 Å². The zero-order chi connectivity index (χ0) is 13.4. The molecule has 0 bridgehead atoms. The van der Waals surface area contributed by atoms with Gasteiger partial charge in [-0.1, -0.05) is 76.0 Å². The highest BCUT2D eigenvalue weighted by molar-refractivity contribution is 9.09. The van der Waals surface area contributed by atoms with Crippen LogP contribution >= 0.6 is 31.9 Å². The van der Waals surface area contributed by atoms with Crippen molar-refractivity contribution >= 4 is 31.9 Å². The van der Waals surface area contributed by atoms with E-state index in [4.69, 9.17) is 0 Å². The number of halogens is 2. The monoisotopic (exact) mass is 374 g/mol. The number of aryl methyl sites for hydroxylation is 1. The summed E-state index contributed by atoms with van der Waals surface area (Å²) in [5.41, 5.74) is 1.88. The first-order valence-corrected chi connectivity index (χ1v) is 9.02. The summed E-state index contributed by atoms with van der Waals surface area (Å²) in [5.74, 6) is 0.761. The molecule has 0 fully saturated rings. The maximum Gasteiger partial charge on any atom is 0.00960 e. The Morgan fingerprint density at radius 3 is 2.17 bits per heavy atom. The van der Waals surface area contributed by atoms with Gasteiger partial charge in [-0.2, -0.15) is 0 Å². The van der Waals surface area contributed by atoms with Crippen LogP contribution in [-0.2, 0) is 6.42 Å². The van der Waals surface area contributed by atoms with Crippen LogP contribution in [0, 0.1) is 11.3 Å². The summed E-state index contributed by atoms with van der Waals surface area (Å²) in [4.78, 5) is 0. The molecule has 1 aromatic carbocycles. The van der Waals surface area contributed by atoms with Crippen molar-refractivity contribution in [3.05, 3.63) is 35.9 Å².